The van der Waals surface area contributed by atoms with Crippen LogP contribution in [0.15, 0.2) is 36.4 Å². The largest absolute Gasteiger partial charge is 0.493 e. The average molecular weight is 345 g/mol. The Morgan fingerprint density at radius 2 is 1.88 bits per heavy atom. The molecule has 2 aromatic rings. The predicted molar refractivity (Wildman–Crippen MR) is 91.5 cm³/mol. The first-order valence-electron chi connectivity index (χ1n) is 7.16. The second-order valence-corrected chi connectivity index (χ2v) is 5.57. The third-order valence-corrected chi connectivity index (χ3v) is 3.81. The molecule has 5 nitrogen and oxygen atoms in total. The van der Waals surface area contributed by atoms with Crippen molar-refractivity contribution < 1.29 is 14.3 Å². The molecule has 24 heavy (non-hydrogen) atoms. The number of hydrogen-bond acceptors (Lipinski definition) is 4. The highest BCUT2D eigenvalue weighted by atomic mass is 35.5. The van der Waals surface area contributed by atoms with Crippen molar-refractivity contribution in [2.45, 2.75) is 6.54 Å². The number of carbonyl (C=O) groups is 1. The Morgan fingerprint density at radius 3 is 2.42 bits per heavy atom. The van der Waals surface area contributed by atoms with Crippen LogP contribution in [0.3, 0.4) is 0 Å². The predicted octanol–water partition coefficient (Wildman–Crippen LogP) is 3.50. The van der Waals surface area contributed by atoms with E-state index in [0.717, 1.165) is 5.56 Å². The van der Waals surface area contributed by atoms with Crippen LogP contribution in [0, 0.1) is 11.3 Å². The molecular formula is C18H17ClN2O3. The fourth-order valence-electron chi connectivity index (χ4n) is 2.29. The summed E-state index contributed by atoms with van der Waals surface area (Å²) in [6, 6.07) is 12.3. The SMILES string of the molecule is COc1cc(C(=O)N(C)Cc2ccc(C#N)cc2)cc(Cl)c1OC. The normalized spacial score (nSPS) is 9.96. The quantitative estimate of drug-likeness (QED) is 0.832. The van der Waals surface area contributed by atoms with Gasteiger partial charge in [-0.15, -0.1) is 0 Å². The molecule has 0 aliphatic heterocycles. The van der Waals surface area contributed by atoms with Crippen molar-refractivity contribution in [1.29, 1.82) is 5.26 Å². The highest BCUT2D eigenvalue weighted by molar-refractivity contribution is 6.32. The van der Waals surface area contributed by atoms with Gasteiger partial charge >= 0.3 is 0 Å². The summed E-state index contributed by atoms with van der Waals surface area (Å²) < 4.78 is 10.4. The minimum Gasteiger partial charge on any atom is -0.493 e. The number of nitrogens with zero attached hydrogens (tertiary/aromatic N) is 2. The number of hydrogen-bond donors (Lipinski definition) is 0. The van der Waals surface area contributed by atoms with Crippen LogP contribution in [0.2, 0.25) is 5.02 Å². The molecule has 0 aliphatic carbocycles. The van der Waals surface area contributed by atoms with Gasteiger partial charge in [-0.3, -0.25) is 4.79 Å². The Morgan fingerprint density at radius 1 is 1.21 bits per heavy atom. The van der Waals surface area contributed by atoms with E-state index in [1.54, 1.807) is 36.2 Å². The lowest BCUT2D eigenvalue weighted by Gasteiger charge is -2.19. The molecule has 0 fully saturated rings. The summed E-state index contributed by atoms with van der Waals surface area (Å²) in [5.41, 5.74) is 1.92. The topological polar surface area (TPSA) is 62.6 Å². The van der Waals surface area contributed by atoms with E-state index in [0.29, 0.717) is 34.2 Å². The van der Waals surface area contributed by atoms with Gasteiger partial charge in [0.1, 0.15) is 0 Å². The molecule has 0 atom stereocenters. The van der Waals surface area contributed by atoms with Crippen LogP contribution in [-0.2, 0) is 6.54 Å². The van der Waals surface area contributed by atoms with Crippen molar-refractivity contribution in [3.63, 3.8) is 0 Å². The minimum atomic E-state index is -0.192. The van der Waals surface area contributed by atoms with Gasteiger partial charge in [-0.2, -0.15) is 5.26 Å². The van der Waals surface area contributed by atoms with E-state index >= 15 is 0 Å². The van der Waals surface area contributed by atoms with Crippen molar-refractivity contribution in [3.8, 4) is 17.6 Å². The molecule has 0 unspecified atom stereocenters. The summed E-state index contributed by atoms with van der Waals surface area (Å²) in [4.78, 5) is 14.2. The molecule has 0 radical (unpaired) electrons. The lowest BCUT2D eigenvalue weighted by Crippen LogP contribution is -2.26. The zero-order chi connectivity index (χ0) is 17.7. The Labute approximate surface area is 146 Å². The molecule has 6 heteroatoms. The second kappa shape index (κ2) is 7.71. The number of methoxy groups -OCH3 is 2. The molecule has 0 bridgehead atoms. The van der Waals surface area contributed by atoms with Crippen molar-refractivity contribution in [2.24, 2.45) is 0 Å². The standard InChI is InChI=1S/C18H17ClN2O3/c1-21(11-13-6-4-12(10-20)5-7-13)18(22)14-8-15(19)17(24-3)16(9-14)23-2/h4-9H,11H2,1-3H3. The number of ether oxygens (including phenoxy) is 2. The van der Waals surface area contributed by atoms with Crippen LogP contribution in [0.5, 0.6) is 11.5 Å². The first-order valence-corrected chi connectivity index (χ1v) is 7.54. The maximum absolute atomic E-state index is 12.6. The Kier molecular flexibility index (Phi) is 5.67. The highest BCUT2D eigenvalue weighted by Crippen LogP contribution is 2.36. The fourth-order valence-corrected chi connectivity index (χ4v) is 2.58. The molecule has 0 saturated heterocycles. The molecule has 0 heterocycles. The summed E-state index contributed by atoms with van der Waals surface area (Å²) in [7, 11) is 4.68. The number of nitriles is 1. The van der Waals surface area contributed by atoms with Crippen molar-refractivity contribution in [1.82, 2.24) is 4.90 Å². The zero-order valence-electron chi connectivity index (χ0n) is 13.7. The van der Waals surface area contributed by atoms with Crippen LogP contribution in [-0.4, -0.2) is 32.1 Å². The molecule has 0 aliphatic rings. The number of benzene rings is 2. The van der Waals surface area contributed by atoms with Crippen LogP contribution in [0.4, 0.5) is 0 Å². The van der Waals surface area contributed by atoms with Crippen LogP contribution >= 0.6 is 11.6 Å². The third-order valence-electron chi connectivity index (χ3n) is 3.53. The van der Waals surface area contributed by atoms with Crippen molar-refractivity contribution in [3.05, 3.63) is 58.1 Å². The van der Waals surface area contributed by atoms with Gasteiger partial charge in [0.25, 0.3) is 5.91 Å². The molecule has 0 spiro atoms. The van der Waals surface area contributed by atoms with E-state index in [9.17, 15) is 4.79 Å². The minimum absolute atomic E-state index is 0.192. The summed E-state index contributed by atoms with van der Waals surface area (Å²) in [5, 5.41) is 9.13. The van der Waals surface area contributed by atoms with Crippen LogP contribution < -0.4 is 9.47 Å². The first-order chi connectivity index (χ1) is 11.5. The molecule has 2 rings (SSSR count). The van der Waals surface area contributed by atoms with Gasteiger partial charge in [0.2, 0.25) is 0 Å². The molecule has 0 saturated carbocycles. The summed E-state index contributed by atoms with van der Waals surface area (Å²) in [6.45, 7) is 0.413. The molecular weight excluding hydrogens is 328 g/mol. The van der Waals surface area contributed by atoms with Gasteiger partial charge in [-0.05, 0) is 29.8 Å². The smallest absolute Gasteiger partial charge is 0.254 e. The highest BCUT2D eigenvalue weighted by Gasteiger charge is 2.18. The van der Waals surface area contributed by atoms with Gasteiger partial charge in [0.05, 0.1) is 30.9 Å². The monoisotopic (exact) mass is 344 g/mol. The molecule has 0 N–H and O–H groups in total. The Hall–Kier alpha value is -2.71. The van der Waals surface area contributed by atoms with E-state index in [2.05, 4.69) is 6.07 Å². The first kappa shape index (κ1) is 17.6. The zero-order valence-corrected chi connectivity index (χ0v) is 14.4. The number of carbonyl (C=O) groups excluding carboxylic acids is 1. The Bertz CT molecular complexity index is 782. The van der Waals surface area contributed by atoms with E-state index in [4.69, 9.17) is 26.3 Å². The van der Waals surface area contributed by atoms with Crippen LogP contribution in [0.25, 0.3) is 0 Å². The van der Waals surface area contributed by atoms with Crippen molar-refractivity contribution in [2.75, 3.05) is 21.3 Å². The summed E-state index contributed by atoms with van der Waals surface area (Å²) in [5.74, 6) is 0.604. The lowest BCUT2D eigenvalue weighted by molar-refractivity contribution is 0.0784. The molecule has 1 amide bonds. The van der Waals surface area contributed by atoms with E-state index < -0.39 is 0 Å². The maximum Gasteiger partial charge on any atom is 0.254 e. The van der Waals surface area contributed by atoms with Gasteiger partial charge in [0.15, 0.2) is 11.5 Å². The van der Waals surface area contributed by atoms with Gasteiger partial charge in [0, 0.05) is 19.2 Å². The molecule has 124 valence electrons. The molecule has 0 aromatic heterocycles. The van der Waals surface area contributed by atoms with Crippen LogP contribution in [0.1, 0.15) is 21.5 Å². The van der Waals surface area contributed by atoms with E-state index in [1.807, 2.05) is 12.1 Å². The van der Waals surface area contributed by atoms with Gasteiger partial charge in [-0.25, -0.2) is 0 Å². The lowest BCUT2D eigenvalue weighted by atomic mass is 10.1. The Balaban J connectivity index is 2.21. The summed E-state index contributed by atoms with van der Waals surface area (Å²) >= 11 is 6.15. The van der Waals surface area contributed by atoms with E-state index in [-0.39, 0.29) is 5.91 Å². The third kappa shape index (κ3) is 3.79. The number of rotatable bonds is 5. The van der Waals surface area contributed by atoms with E-state index in [1.165, 1.54) is 14.2 Å². The number of amides is 1. The summed E-state index contributed by atoms with van der Waals surface area (Å²) in [6.07, 6.45) is 0. The fraction of sp³-hybridized carbons (Fsp3) is 0.222. The average Bonchev–Trinajstić information content (AvgIpc) is 2.60. The molecule has 2 aromatic carbocycles. The maximum atomic E-state index is 12.6. The van der Waals surface area contributed by atoms with Crippen molar-refractivity contribution >= 4 is 17.5 Å². The number of halogens is 1. The second-order valence-electron chi connectivity index (χ2n) is 5.16. The van der Waals surface area contributed by atoms with Gasteiger partial charge < -0.3 is 14.4 Å². The van der Waals surface area contributed by atoms with Gasteiger partial charge in [-0.1, -0.05) is 23.7 Å².